The number of alkyl halides is 3. The largest absolute Gasteiger partial charge is 0.497 e. The Balaban J connectivity index is 1.74. The van der Waals surface area contributed by atoms with Crippen LogP contribution in [0.3, 0.4) is 0 Å². The molecule has 3 aromatic rings. The van der Waals surface area contributed by atoms with Crippen LogP contribution in [-0.2, 0) is 5.60 Å². The third-order valence-electron chi connectivity index (χ3n) is 6.28. The highest BCUT2D eigenvalue weighted by molar-refractivity contribution is 5.63. The summed E-state index contributed by atoms with van der Waals surface area (Å²) in [6, 6.07) is 16.7. The quantitative estimate of drug-likeness (QED) is 0.598. The van der Waals surface area contributed by atoms with Crippen molar-refractivity contribution in [2.45, 2.75) is 50.0 Å². The Morgan fingerprint density at radius 2 is 1.53 bits per heavy atom. The summed E-state index contributed by atoms with van der Waals surface area (Å²) in [6.07, 6.45) is -6.37. The van der Waals surface area contributed by atoms with Crippen molar-refractivity contribution in [3.8, 4) is 22.7 Å². The molecule has 5 nitrogen and oxygen atoms in total. The lowest BCUT2D eigenvalue weighted by Gasteiger charge is -2.40. The van der Waals surface area contributed by atoms with E-state index in [1.165, 1.54) is 0 Å². The van der Waals surface area contributed by atoms with E-state index < -0.39 is 30.2 Å². The molecule has 1 fully saturated rings. The molecule has 32 heavy (non-hydrogen) atoms. The SMILES string of the molecule is COc1ccc(-n2nc(C3(O)CCC(O)(C(F)(F)F)CC3)cc2-c2ccc(C)cc2)cc1. The van der Waals surface area contributed by atoms with Gasteiger partial charge in [0.1, 0.15) is 11.4 Å². The third kappa shape index (κ3) is 4.00. The maximum absolute atomic E-state index is 13.2. The van der Waals surface area contributed by atoms with Gasteiger partial charge >= 0.3 is 6.18 Å². The topological polar surface area (TPSA) is 67.5 Å². The van der Waals surface area contributed by atoms with Crippen LogP contribution in [0.4, 0.5) is 13.2 Å². The van der Waals surface area contributed by atoms with Crippen LogP contribution in [0.25, 0.3) is 16.9 Å². The van der Waals surface area contributed by atoms with Crippen LogP contribution in [0, 0.1) is 6.92 Å². The maximum Gasteiger partial charge on any atom is 0.417 e. The van der Waals surface area contributed by atoms with E-state index in [9.17, 15) is 23.4 Å². The fourth-order valence-corrected chi connectivity index (χ4v) is 4.08. The molecule has 1 aromatic heterocycles. The average molecular weight is 446 g/mol. The van der Waals surface area contributed by atoms with Crippen LogP contribution < -0.4 is 4.74 Å². The molecule has 0 bridgehead atoms. The average Bonchev–Trinajstić information content (AvgIpc) is 3.22. The lowest BCUT2D eigenvalue weighted by molar-refractivity contribution is -0.279. The number of nitrogens with zero attached hydrogens (tertiary/aromatic N) is 2. The first kappa shape index (κ1) is 22.4. The summed E-state index contributed by atoms with van der Waals surface area (Å²) in [5.41, 5.74) is -0.688. The van der Waals surface area contributed by atoms with Gasteiger partial charge in [0.15, 0.2) is 5.60 Å². The van der Waals surface area contributed by atoms with Crippen LogP contribution >= 0.6 is 0 Å². The highest BCUT2D eigenvalue weighted by Crippen LogP contribution is 2.48. The van der Waals surface area contributed by atoms with E-state index in [0.29, 0.717) is 11.4 Å². The summed E-state index contributed by atoms with van der Waals surface area (Å²) in [6.45, 7) is 1.97. The molecule has 0 unspecified atom stereocenters. The number of aryl methyl sites for hydroxylation is 1. The van der Waals surface area contributed by atoms with E-state index in [2.05, 4.69) is 5.10 Å². The minimum atomic E-state index is -4.73. The number of aliphatic hydroxyl groups is 2. The monoisotopic (exact) mass is 446 g/mol. The van der Waals surface area contributed by atoms with Gasteiger partial charge in [-0.15, -0.1) is 0 Å². The molecule has 1 heterocycles. The number of hydrogen-bond donors (Lipinski definition) is 2. The fourth-order valence-electron chi connectivity index (χ4n) is 4.08. The van der Waals surface area contributed by atoms with Gasteiger partial charge in [0.05, 0.1) is 24.2 Å². The Bertz CT molecular complexity index is 1080. The van der Waals surface area contributed by atoms with Gasteiger partial charge in [0.2, 0.25) is 0 Å². The summed E-state index contributed by atoms with van der Waals surface area (Å²) >= 11 is 0. The summed E-state index contributed by atoms with van der Waals surface area (Å²) < 4.78 is 46.6. The van der Waals surface area contributed by atoms with E-state index in [1.807, 2.05) is 43.3 Å². The minimum absolute atomic E-state index is 0.240. The predicted molar refractivity (Wildman–Crippen MR) is 114 cm³/mol. The van der Waals surface area contributed by atoms with Gasteiger partial charge < -0.3 is 14.9 Å². The zero-order valence-corrected chi connectivity index (χ0v) is 17.9. The summed E-state index contributed by atoms with van der Waals surface area (Å²) in [5.74, 6) is 0.676. The summed E-state index contributed by atoms with van der Waals surface area (Å²) in [5, 5.41) is 25.8. The highest BCUT2D eigenvalue weighted by Gasteiger charge is 2.57. The second-order valence-electron chi connectivity index (χ2n) is 8.45. The lowest BCUT2D eigenvalue weighted by atomic mass is 9.74. The maximum atomic E-state index is 13.2. The molecule has 0 radical (unpaired) electrons. The molecule has 1 aliphatic carbocycles. The first-order valence-electron chi connectivity index (χ1n) is 10.4. The van der Waals surface area contributed by atoms with Crippen LogP contribution in [0.1, 0.15) is 36.9 Å². The fraction of sp³-hybridized carbons (Fsp3) is 0.375. The van der Waals surface area contributed by atoms with Gasteiger partial charge in [-0.25, -0.2) is 4.68 Å². The van der Waals surface area contributed by atoms with Crippen LogP contribution in [0.15, 0.2) is 54.6 Å². The van der Waals surface area contributed by atoms with E-state index in [-0.39, 0.29) is 18.5 Å². The zero-order valence-electron chi connectivity index (χ0n) is 17.9. The highest BCUT2D eigenvalue weighted by atomic mass is 19.4. The third-order valence-corrected chi connectivity index (χ3v) is 6.28. The van der Waals surface area contributed by atoms with Crippen molar-refractivity contribution in [3.63, 3.8) is 0 Å². The zero-order chi connectivity index (χ0) is 23.1. The molecule has 4 rings (SSSR count). The van der Waals surface area contributed by atoms with Crippen molar-refractivity contribution in [3.05, 3.63) is 65.9 Å². The van der Waals surface area contributed by atoms with E-state index in [4.69, 9.17) is 4.74 Å². The lowest BCUT2D eigenvalue weighted by Crippen LogP contribution is -2.51. The summed E-state index contributed by atoms with van der Waals surface area (Å²) in [4.78, 5) is 0. The Hall–Kier alpha value is -2.84. The molecular formula is C24H25F3N2O3. The number of ether oxygens (including phenoxy) is 1. The van der Waals surface area contributed by atoms with Gasteiger partial charge in [-0.05, 0) is 62.9 Å². The van der Waals surface area contributed by atoms with Crippen molar-refractivity contribution < 1.29 is 28.1 Å². The van der Waals surface area contributed by atoms with E-state index in [0.717, 1.165) is 16.8 Å². The second-order valence-corrected chi connectivity index (χ2v) is 8.45. The minimum Gasteiger partial charge on any atom is -0.497 e. The van der Waals surface area contributed by atoms with Gasteiger partial charge in [-0.2, -0.15) is 18.3 Å². The number of hydrogen-bond acceptors (Lipinski definition) is 4. The molecule has 1 saturated carbocycles. The molecule has 2 aromatic carbocycles. The molecule has 0 amide bonds. The Morgan fingerprint density at radius 3 is 2.06 bits per heavy atom. The number of aromatic nitrogens is 2. The van der Waals surface area contributed by atoms with Crippen molar-refractivity contribution >= 4 is 0 Å². The first-order valence-corrected chi connectivity index (χ1v) is 10.4. The molecule has 0 aliphatic heterocycles. The molecule has 0 atom stereocenters. The number of benzene rings is 2. The van der Waals surface area contributed by atoms with Gasteiger partial charge in [0.25, 0.3) is 0 Å². The van der Waals surface area contributed by atoms with E-state index in [1.54, 1.807) is 30.0 Å². The van der Waals surface area contributed by atoms with Crippen molar-refractivity contribution in [1.29, 1.82) is 0 Å². The second kappa shape index (κ2) is 7.94. The molecule has 2 N–H and O–H groups in total. The van der Waals surface area contributed by atoms with Crippen LogP contribution in [0.5, 0.6) is 5.75 Å². The number of halogens is 3. The first-order chi connectivity index (χ1) is 15.0. The van der Waals surface area contributed by atoms with Gasteiger partial charge in [-0.1, -0.05) is 29.8 Å². The smallest absolute Gasteiger partial charge is 0.417 e. The molecule has 0 saturated heterocycles. The van der Waals surface area contributed by atoms with Gasteiger partial charge in [-0.3, -0.25) is 0 Å². The normalized spacial score (nSPS) is 23.8. The van der Waals surface area contributed by atoms with Crippen LogP contribution in [-0.4, -0.2) is 38.9 Å². The van der Waals surface area contributed by atoms with Crippen molar-refractivity contribution in [1.82, 2.24) is 9.78 Å². The van der Waals surface area contributed by atoms with Crippen molar-refractivity contribution in [2.24, 2.45) is 0 Å². The molecular weight excluding hydrogens is 421 g/mol. The standard InChI is InChI=1S/C24H25F3N2O3/c1-16-3-5-17(6-4-16)20-15-21(28-29(20)18-7-9-19(32-2)10-8-18)22(30)11-13-23(31,14-12-22)24(25,26)27/h3-10,15,30-31H,11-14H2,1-2H3. The van der Waals surface area contributed by atoms with E-state index >= 15 is 0 Å². The Labute approximate surface area is 184 Å². The molecule has 8 heteroatoms. The predicted octanol–water partition coefficient (Wildman–Crippen LogP) is 4.91. The molecule has 170 valence electrons. The van der Waals surface area contributed by atoms with Crippen molar-refractivity contribution in [2.75, 3.05) is 7.11 Å². The number of rotatable bonds is 4. The summed E-state index contributed by atoms with van der Waals surface area (Å²) in [7, 11) is 1.57. The van der Waals surface area contributed by atoms with Gasteiger partial charge in [0, 0.05) is 5.56 Å². The van der Waals surface area contributed by atoms with Crippen LogP contribution in [0.2, 0.25) is 0 Å². The Kier molecular flexibility index (Phi) is 5.55. The number of methoxy groups -OCH3 is 1. The molecule has 0 spiro atoms. The molecule has 1 aliphatic rings. The Morgan fingerprint density at radius 1 is 0.938 bits per heavy atom.